The predicted octanol–water partition coefficient (Wildman–Crippen LogP) is 1.44. The normalized spacial score (nSPS) is 9.42. The molecule has 64 valence electrons. The number of hydrogen-bond donors (Lipinski definition) is 0. The Kier molecular flexibility index (Phi) is 2.39. The fourth-order valence-corrected chi connectivity index (χ4v) is 1.40. The summed E-state index contributed by atoms with van der Waals surface area (Å²) in [4.78, 5) is 20.7. The third-order valence-electron chi connectivity index (χ3n) is 1.18. The molecule has 0 unspecified atom stereocenters. The van der Waals surface area contributed by atoms with Gasteiger partial charge in [0.25, 0.3) is 5.69 Å². The van der Waals surface area contributed by atoms with Gasteiger partial charge in [-0.1, -0.05) is 0 Å². The predicted molar refractivity (Wildman–Crippen MR) is 42.3 cm³/mol. The highest BCUT2D eigenvalue weighted by molar-refractivity contribution is 7.12. The smallest absolute Gasteiger partial charge is 0.348 e. The van der Waals surface area contributed by atoms with E-state index in [-0.39, 0.29) is 10.6 Å². The summed E-state index contributed by atoms with van der Waals surface area (Å²) in [5.41, 5.74) is -0.0830. The lowest BCUT2D eigenvalue weighted by Crippen LogP contribution is -1.97. The van der Waals surface area contributed by atoms with Gasteiger partial charge >= 0.3 is 5.97 Å². The molecule has 0 aliphatic carbocycles. The van der Waals surface area contributed by atoms with Crippen LogP contribution in [0.4, 0.5) is 5.69 Å². The number of carbonyl (C=O) groups excluding carboxylic acids is 1. The molecule has 0 atom stereocenters. The molecule has 0 bridgehead atoms. The second-order valence-corrected chi connectivity index (χ2v) is 2.83. The standard InChI is InChI=1S/C6H5NO4S/c1-11-6(8)5-2-4(3-12-5)7(9)10/h2-3H,1H3. The Morgan fingerprint density at radius 2 is 2.42 bits per heavy atom. The first kappa shape index (κ1) is 8.66. The number of ether oxygens (including phenoxy) is 1. The van der Waals surface area contributed by atoms with E-state index in [4.69, 9.17) is 0 Å². The summed E-state index contributed by atoms with van der Waals surface area (Å²) >= 11 is 0.994. The minimum Gasteiger partial charge on any atom is -0.465 e. The Labute approximate surface area is 71.7 Å². The lowest BCUT2D eigenvalue weighted by atomic mass is 10.4. The van der Waals surface area contributed by atoms with E-state index in [1.54, 1.807) is 0 Å². The molecule has 0 spiro atoms. The number of nitrogens with zero attached hydrogens (tertiary/aromatic N) is 1. The van der Waals surface area contributed by atoms with Crippen LogP contribution in [0, 0.1) is 10.1 Å². The molecule has 6 heteroatoms. The minimum atomic E-state index is -0.553. The Bertz CT molecular complexity index is 319. The van der Waals surface area contributed by atoms with Crippen LogP contribution in [0.3, 0.4) is 0 Å². The molecule has 5 nitrogen and oxygen atoms in total. The maximum Gasteiger partial charge on any atom is 0.348 e. The molecular formula is C6H5NO4S. The lowest BCUT2D eigenvalue weighted by molar-refractivity contribution is -0.384. The van der Waals surface area contributed by atoms with Gasteiger partial charge in [-0.15, -0.1) is 11.3 Å². The molecule has 0 fully saturated rings. The minimum absolute atomic E-state index is 0.0830. The molecule has 1 rings (SSSR count). The zero-order chi connectivity index (χ0) is 9.14. The topological polar surface area (TPSA) is 69.4 Å². The second-order valence-electron chi connectivity index (χ2n) is 1.92. The molecule has 1 aromatic rings. The summed E-state index contributed by atoms with van der Waals surface area (Å²) in [7, 11) is 1.23. The highest BCUT2D eigenvalue weighted by atomic mass is 32.1. The average molecular weight is 187 g/mol. The van der Waals surface area contributed by atoms with Gasteiger partial charge in [0.15, 0.2) is 0 Å². The molecule has 0 aliphatic heterocycles. The third-order valence-corrected chi connectivity index (χ3v) is 2.08. The Balaban J connectivity index is 2.91. The molecule has 0 radical (unpaired) electrons. The van der Waals surface area contributed by atoms with Crippen molar-refractivity contribution in [3.63, 3.8) is 0 Å². The molecule has 1 aromatic heterocycles. The van der Waals surface area contributed by atoms with Crippen LogP contribution in [0.2, 0.25) is 0 Å². The molecule has 0 saturated carbocycles. The van der Waals surface area contributed by atoms with Crippen molar-refractivity contribution in [1.29, 1.82) is 0 Å². The Morgan fingerprint density at radius 1 is 1.75 bits per heavy atom. The van der Waals surface area contributed by atoms with Crippen LogP contribution in [0.5, 0.6) is 0 Å². The number of carbonyl (C=O) groups is 1. The zero-order valence-electron chi connectivity index (χ0n) is 6.14. The van der Waals surface area contributed by atoms with Crippen LogP contribution in [0.1, 0.15) is 9.67 Å². The van der Waals surface area contributed by atoms with Gasteiger partial charge in [0.2, 0.25) is 0 Å². The molecule has 12 heavy (non-hydrogen) atoms. The first-order valence-corrected chi connectivity index (χ1v) is 3.84. The van der Waals surface area contributed by atoms with Crippen LogP contribution in [0.25, 0.3) is 0 Å². The monoisotopic (exact) mass is 187 g/mol. The fourth-order valence-electron chi connectivity index (χ4n) is 0.630. The van der Waals surface area contributed by atoms with Crippen molar-refractivity contribution in [3.8, 4) is 0 Å². The highest BCUT2D eigenvalue weighted by Gasteiger charge is 2.14. The van der Waals surface area contributed by atoms with Crippen molar-refractivity contribution in [1.82, 2.24) is 0 Å². The SMILES string of the molecule is COC(=O)c1cc([N+](=O)[O-])cs1. The van der Waals surface area contributed by atoms with Crippen LogP contribution >= 0.6 is 11.3 Å². The largest absolute Gasteiger partial charge is 0.465 e. The third kappa shape index (κ3) is 1.59. The van der Waals surface area contributed by atoms with Crippen LogP contribution < -0.4 is 0 Å². The number of nitro groups is 1. The summed E-state index contributed by atoms with van der Waals surface area (Å²) in [6, 6.07) is 1.19. The molecule has 0 amide bonds. The van der Waals surface area contributed by atoms with Gasteiger partial charge in [0.05, 0.1) is 17.4 Å². The van der Waals surface area contributed by atoms with Crippen molar-refractivity contribution < 1.29 is 14.5 Å². The molecule has 0 N–H and O–H groups in total. The van der Waals surface area contributed by atoms with Gasteiger partial charge in [-0.3, -0.25) is 10.1 Å². The number of esters is 1. The number of rotatable bonds is 2. The number of hydrogen-bond acceptors (Lipinski definition) is 5. The molecular weight excluding hydrogens is 182 g/mol. The summed E-state index contributed by atoms with van der Waals surface area (Å²) in [6.07, 6.45) is 0. The van der Waals surface area contributed by atoms with E-state index in [2.05, 4.69) is 4.74 Å². The maximum absolute atomic E-state index is 10.8. The lowest BCUT2D eigenvalue weighted by Gasteiger charge is -1.90. The maximum atomic E-state index is 10.8. The highest BCUT2D eigenvalue weighted by Crippen LogP contribution is 2.21. The summed E-state index contributed by atoms with van der Waals surface area (Å²) < 4.78 is 4.38. The van der Waals surface area contributed by atoms with E-state index in [9.17, 15) is 14.9 Å². The fraction of sp³-hybridized carbons (Fsp3) is 0.167. The molecule has 0 aliphatic rings. The van der Waals surface area contributed by atoms with Crippen LogP contribution in [0.15, 0.2) is 11.4 Å². The van der Waals surface area contributed by atoms with E-state index in [0.29, 0.717) is 0 Å². The number of methoxy groups -OCH3 is 1. The first-order chi connectivity index (χ1) is 5.65. The van der Waals surface area contributed by atoms with Crippen molar-refractivity contribution in [3.05, 3.63) is 26.4 Å². The van der Waals surface area contributed by atoms with Crippen molar-refractivity contribution in [2.45, 2.75) is 0 Å². The van der Waals surface area contributed by atoms with Crippen LogP contribution in [-0.4, -0.2) is 18.0 Å². The van der Waals surface area contributed by atoms with Crippen LogP contribution in [-0.2, 0) is 4.74 Å². The summed E-state index contributed by atoms with van der Waals surface area (Å²) in [6.45, 7) is 0. The van der Waals surface area contributed by atoms with E-state index < -0.39 is 10.9 Å². The number of thiophene rings is 1. The van der Waals surface area contributed by atoms with Gasteiger partial charge in [-0.25, -0.2) is 4.79 Å². The zero-order valence-corrected chi connectivity index (χ0v) is 6.96. The first-order valence-electron chi connectivity index (χ1n) is 2.96. The van der Waals surface area contributed by atoms with Gasteiger partial charge in [-0.05, 0) is 0 Å². The van der Waals surface area contributed by atoms with Gasteiger partial charge < -0.3 is 4.74 Å². The Morgan fingerprint density at radius 3 is 2.83 bits per heavy atom. The van der Waals surface area contributed by atoms with E-state index >= 15 is 0 Å². The van der Waals surface area contributed by atoms with Gasteiger partial charge in [0.1, 0.15) is 4.88 Å². The molecule has 0 saturated heterocycles. The van der Waals surface area contributed by atoms with E-state index in [1.165, 1.54) is 18.6 Å². The molecule has 0 aromatic carbocycles. The van der Waals surface area contributed by atoms with E-state index in [1.807, 2.05) is 0 Å². The Hall–Kier alpha value is -1.43. The van der Waals surface area contributed by atoms with Crippen molar-refractivity contribution in [2.24, 2.45) is 0 Å². The van der Waals surface area contributed by atoms with E-state index in [0.717, 1.165) is 11.3 Å². The van der Waals surface area contributed by atoms with Crippen molar-refractivity contribution in [2.75, 3.05) is 7.11 Å². The van der Waals surface area contributed by atoms with Gasteiger partial charge in [0, 0.05) is 6.07 Å². The molecule has 1 heterocycles. The summed E-state index contributed by atoms with van der Waals surface area (Å²) in [5, 5.41) is 11.5. The second kappa shape index (κ2) is 3.31. The van der Waals surface area contributed by atoms with Crippen molar-refractivity contribution >= 4 is 23.0 Å². The quantitative estimate of drug-likeness (QED) is 0.399. The average Bonchev–Trinajstić information content (AvgIpc) is 2.51. The summed E-state index contributed by atoms with van der Waals surface area (Å²) in [5.74, 6) is -0.548. The van der Waals surface area contributed by atoms with Gasteiger partial charge in [-0.2, -0.15) is 0 Å².